The van der Waals surface area contributed by atoms with Crippen LogP contribution in [0, 0.1) is 13.8 Å². The molecule has 1 N–H and O–H groups in total. The number of aliphatic hydroxyl groups is 1. The summed E-state index contributed by atoms with van der Waals surface area (Å²) in [5, 5.41) is 20.1. The van der Waals surface area contributed by atoms with Crippen molar-refractivity contribution < 1.29 is 5.11 Å². The first-order valence-electron chi connectivity index (χ1n) is 10.9. The van der Waals surface area contributed by atoms with E-state index in [1.54, 1.807) is 24.2 Å². The van der Waals surface area contributed by atoms with Gasteiger partial charge in [0.15, 0.2) is 11.0 Å². The zero-order chi connectivity index (χ0) is 23.7. The highest BCUT2D eigenvalue weighted by atomic mass is 35.5. The molecule has 5 aromatic rings. The van der Waals surface area contributed by atoms with Crippen LogP contribution in [0.5, 0.6) is 0 Å². The third kappa shape index (κ3) is 4.32. The molecule has 0 bridgehead atoms. The van der Waals surface area contributed by atoms with Gasteiger partial charge in [0.2, 0.25) is 0 Å². The monoisotopic (exact) mass is 490 g/mol. The van der Waals surface area contributed by atoms with E-state index in [4.69, 9.17) is 16.6 Å². The standard InChI is InChI=1S/C25H23ClN6OS/c1-16-3-5-20(13-17(16)2)32-24(18-7-9-27-10-8-18)29-30-25(32)34-15-23-28-21-6-4-19(26)14-22(21)31(23)11-12-33/h3-10,13-14,33H,11-12,15H2,1-2H3. The van der Waals surface area contributed by atoms with Gasteiger partial charge in [0.05, 0.1) is 29.1 Å². The molecular formula is C25H23ClN6OS. The molecule has 3 heterocycles. The fourth-order valence-corrected chi connectivity index (χ4v) is 4.95. The molecule has 172 valence electrons. The third-order valence-electron chi connectivity index (χ3n) is 5.76. The van der Waals surface area contributed by atoms with E-state index < -0.39 is 0 Å². The highest BCUT2D eigenvalue weighted by molar-refractivity contribution is 7.98. The molecule has 0 amide bonds. The number of rotatable bonds is 7. The molecule has 0 aliphatic rings. The second kappa shape index (κ2) is 9.58. The van der Waals surface area contributed by atoms with Gasteiger partial charge < -0.3 is 9.67 Å². The van der Waals surface area contributed by atoms with Crippen LogP contribution in [0.15, 0.2) is 66.1 Å². The summed E-state index contributed by atoms with van der Waals surface area (Å²) in [6.45, 7) is 4.66. The summed E-state index contributed by atoms with van der Waals surface area (Å²) in [6.07, 6.45) is 3.51. The summed E-state index contributed by atoms with van der Waals surface area (Å²) < 4.78 is 4.08. The van der Waals surface area contributed by atoms with Crippen LogP contribution in [0.1, 0.15) is 17.0 Å². The molecule has 0 fully saturated rings. The van der Waals surface area contributed by atoms with Crippen LogP contribution in [-0.4, -0.2) is 41.0 Å². The molecule has 0 saturated heterocycles. The van der Waals surface area contributed by atoms with Gasteiger partial charge in [-0.1, -0.05) is 29.4 Å². The first kappa shape index (κ1) is 22.6. The molecule has 34 heavy (non-hydrogen) atoms. The summed E-state index contributed by atoms with van der Waals surface area (Å²) in [5.41, 5.74) is 6.12. The lowest BCUT2D eigenvalue weighted by atomic mass is 10.1. The van der Waals surface area contributed by atoms with E-state index >= 15 is 0 Å². The Balaban J connectivity index is 1.55. The first-order valence-corrected chi connectivity index (χ1v) is 12.2. The minimum absolute atomic E-state index is 0.0145. The fraction of sp³-hybridized carbons (Fsp3) is 0.200. The molecule has 0 saturated carbocycles. The smallest absolute Gasteiger partial charge is 0.196 e. The van der Waals surface area contributed by atoms with Crippen molar-refractivity contribution in [3.8, 4) is 17.1 Å². The number of nitrogens with zero attached hydrogens (tertiary/aromatic N) is 6. The molecule has 0 aliphatic carbocycles. The Kier molecular flexibility index (Phi) is 6.36. The van der Waals surface area contributed by atoms with Crippen LogP contribution < -0.4 is 0 Å². The molecule has 0 radical (unpaired) electrons. The van der Waals surface area contributed by atoms with E-state index in [1.165, 1.54) is 11.1 Å². The van der Waals surface area contributed by atoms with E-state index in [0.29, 0.717) is 17.3 Å². The maximum absolute atomic E-state index is 9.63. The fourth-order valence-electron chi connectivity index (χ4n) is 3.88. The lowest BCUT2D eigenvalue weighted by molar-refractivity contribution is 0.276. The summed E-state index contributed by atoms with van der Waals surface area (Å²) in [6, 6.07) is 15.8. The molecule has 7 nitrogen and oxygen atoms in total. The van der Waals surface area contributed by atoms with Gasteiger partial charge in [-0.25, -0.2) is 4.98 Å². The van der Waals surface area contributed by atoms with Crippen molar-refractivity contribution in [1.29, 1.82) is 0 Å². The van der Waals surface area contributed by atoms with E-state index in [2.05, 4.69) is 51.8 Å². The van der Waals surface area contributed by atoms with Gasteiger partial charge >= 0.3 is 0 Å². The number of hydrogen-bond donors (Lipinski definition) is 1. The Bertz CT molecular complexity index is 1460. The Labute approximate surface area is 206 Å². The van der Waals surface area contributed by atoms with E-state index in [-0.39, 0.29) is 6.61 Å². The summed E-state index contributed by atoms with van der Waals surface area (Å²) in [4.78, 5) is 8.92. The molecule has 5 rings (SSSR count). The second-order valence-electron chi connectivity index (χ2n) is 7.97. The predicted octanol–water partition coefficient (Wildman–Crippen LogP) is 5.23. The normalized spacial score (nSPS) is 11.4. The van der Waals surface area contributed by atoms with E-state index in [9.17, 15) is 5.11 Å². The number of imidazole rings is 1. The van der Waals surface area contributed by atoms with Crippen molar-refractivity contribution in [3.05, 3.63) is 82.9 Å². The van der Waals surface area contributed by atoms with Crippen LogP contribution in [0.25, 0.3) is 28.1 Å². The lowest BCUT2D eigenvalue weighted by Crippen LogP contribution is -2.07. The summed E-state index contributed by atoms with van der Waals surface area (Å²) in [5.74, 6) is 2.16. The van der Waals surface area contributed by atoms with Gasteiger partial charge in [-0.05, 0) is 67.4 Å². The average molecular weight is 491 g/mol. The highest BCUT2D eigenvalue weighted by Gasteiger charge is 2.19. The lowest BCUT2D eigenvalue weighted by Gasteiger charge is -2.12. The molecule has 0 unspecified atom stereocenters. The first-order chi connectivity index (χ1) is 16.5. The van der Waals surface area contributed by atoms with Crippen LogP contribution in [0.4, 0.5) is 0 Å². The van der Waals surface area contributed by atoms with Crippen molar-refractivity contribution in [3.63, 3.8) is 0 Å². The molecule has 2 aromatic carbocycles. The largest absolute Gasteiger partial charge is 0.395 e. The molecule has 3 aromatic heterocycles. The van der Waals surface area contributed by atoms with E-state index in [1.807, 2.05) is 34.9 Å². The Morgan fingerprint density at radius 1 is 0.971 bits per heavy atom. The van der Waals surface area contributed by atoms with Crippen molar-refractivity contribution in [2.45, 2.75) is 31.3 Å². The van der Waals surface area contributed by atoms with Crippen molar-refractivity contribution in [2.24, 2.45) is 0 Å². The number of thioether (sulfide) groups is 1. The molecule has 9 heteroatoms. The highest BCUT2D eigenvalue weighted by Crippen LogP contribution is 2.31. The second-order valence-corrected chi connectivity index (χ2v) is 9.35. The van der Waals surface area contributed by atoms with Gasteiger partial charge in [0.25, 0.3) is 0 Å². The topological polar surface area (TPSA) is 81.7 Å². The number of halogens is 1. The van der Waals surface area contributed by atoms with Crippen LogP contribution in [-0.2, 0) is 12.3 Å². The summed E-state index contributed by atoms with van der Waals surface area (Å²) >= 11 is 7.77. The van der Waals surface area contributed by atoms with Crippen molar-refractivity contribution in [2.75, 3.05) is 6.61 Å². The van der Waals surface area contributed by atoms with Gasteiger partial charge in [-0.2, -0.15) is 0 Å². The Morgan fingerprint density at radius 3 is 2.56 bits per heavy atom. The molecular weight excluding hydrogens is 468 g/mol. The number of hydrogen-bond acceptors (Lipinski definition) is 6. The maximum atomic E-state index is 9.63. The molecule has 0 atom stereocenters. The SMILES string of the molecule is Cc1ccc(-n2c(SCc3nc4ccc(Cl)cc4n3CCO)nnc2-c2ccncc2)cc1C. The number of benzene rings is 2. The van der Waals surface area contributed by atoms with Crippen LogP contribution >= 0.6 is 23.4 Å². The average Bonchev–Trinajstić information content (AvgIpc) is 3.42. The van der Waals surface area contributed by atoms with Gasteiger partial charge in [0.1, 0.15) is 5.82 Å². The number of pyridine rings is 1. The van der Waals surface area contributed by atoms with Gasteiger partial charge in [0, 0.05) is 29.5 Å². The van der Waals surface area contributed by atoms with Crippen LogP contribution in [0.3, 0.4) is 0 Å². The number of aryl methyl sites for hydroxylation is 2. The van der Waals surface area contributed by atoms with Crippen molar-refractivity contribution in [1.82, 2.24) is 29.3 Å². The zero-order valence-electron chi connectivity index (χ0n) is 18.8. The maximum Gasteiger partial charge on any atom is 0.196 e. The predicted molar refractivity (Wildman–Crippen MR) is 135 cm³/mol. The third-order valence-corrected chi connectivity index (χ3v) is 6.92. The number of fused-ring (bicyclic) bond motifs is 1. The minimum atomic E-state index is 0.0145. The molecule has 0 aliphatic heterocycles. The molecule has 0 spiro atoms. The quantitative estimate of drug-likeness (QED) is 0.314. The van der Waals surface area contributed by atoms with E-state index in [0.717, 1.165) is 39.1 Å². The van der Waals surface area contributed by atoms with Crippen molar-refractivity contribution >= 4 is 34.4 Å². The minimum Gasteiger partial charge on any atom is -0.395 e. The number of aliphatic hydroxyl groups excluding tert-OH is 1. The van der Waals surface area contributed by atoms with Crippen LogP contribution in [0.2, 0.25) is 5.02 Å². The Morgan fingerprint density at radius 2 is 1.79 bits per heavy atom. The Hall–Kier alpha value is -3.20. The number of aromatic nitrogens is 6. The zero-order valence-corrected chi connectivity index (χ0v) is 20.4. The van der Waals surface area contributed by atoms with Gasteiger partial charge in [-0.15, -0.1) is 10.2 Å². The summed E-state index contributed by atoms with van der Waals surface area (Å²) in [7, 11) is 0. The van der Waals surface area contributed by atoms with Gasteiger partial charge in [-0.3, -0.25) is 9.55 Å².